The second-order valence-corrected chi connectivity index (χ2v) is 5.40. The van der Waals surface area contributed by atoms with Crippen molar-refractivity contribution in [3.63, 3.8) is 0 Å². The minimum Gasteiger partial charge on any atom is -0.324 e. The average Bonchev–Trinajstić information content (AvgIpc) is 2.46. The van der Waals surface area contributed by atoms with Crippen LogP contribution in [0, 0.1) is 19.7 Å². The van der Waals surface area contributed by atoms with E-state index in [4.69, 9.17) is 11.6 Å². The fourth-order valence-corrected chi connectivity index (χ4v) is 2.04. The first-order valence-electron chi connectivity index (χ1n) is 6.62. The van der Waals surface area contributed by atoms with Gasteiger partial charge in [0.2, 0.25) is 5.91 Å². The number of benzene rings is 1. The zero-order valence-electron chi connectivity index (χ0n) is 12.4. The van der Waals surface area contributed by atoms with Crippen LogP contribution in [0.25, 0.3) is 0 Å². The van der Waals surface area contributed by atoms with Gasteiger partial charge in [0.25, 0.3) is 5.56 Å². The van der Waals surface area contributed by atoms with Crippen LogP contribution in [0.4, 0.5) is 10.1 Å². The van der Waals surface area contributed by atoms with Crippen molar-refractivity contribution in [1.82, 2.24) is 9.78 Å². The zero-order valence-corrected chi connectivity index (χ0v) is 13.1. The zero-order chi connectivity index (χ0) is 16.4. The number of amides is 1. The lowest BCUT2D eigenvalue weighted by Crippen LogP contribution is -2.33. The molecular formula is C15H15ClFN3O2. The van der Waals surface area contributed by atoms with Crippen LogP contribution in [0.3, 0.4) is 0 Å². The van der Waals surface area contributed by atoms with Crippen molar-refractivity contribution in [1.29, 1.82) is 0 Å². The Balaban J connectivity index is 2.24. The predicted octanol–water partition coefficient (Wildman–Crippen LogP) is 2.85. The summed E-state index contributed by atoms with van der Waals surface area (Å²) < 4.78 is 14.2. The molecule has 0 aliphatic carbocycles. The molecule has 0 radical (unpaired) electrons. The van der Waals surface area contributed by atoms with Gasteiger partial charge >= 0.3 is 0 Å². The van der Waals surface area contributed by atoms with Crippen LogP contribution in [0.2, 0.25) is 5.02 Å². The summed E-state index contributed by atoms with van der Waals surface area (Å²) in [5.74, 6) is -1.01. The molecule has 2 rings (SSSR count). The highest BCUT2D eigenvalue weighted by atomic mass is 35.5. The Morgan fingerprint density at radius 1 is 1.36 bits per heavy atom. The standard InChI is InChI=1S/C15H15ClFN3O2/c1-8-6-14(21)20(19-9(8)2)10(3)15(22)18-11-4-5-13(17)12(16)7-11/h4-7,10H,1-3H3,(H,18,22)/t10-/m1/s1. The second-order valence-electron chi connectivity index (χ2n) is 4.99. The minimum atomic E-state index is -0.810. The highest BCUT2D eigenvalue weighted by Gasteiger charge is 2.18. The van der Waals surface area contributed by atoms with Gasteiger partial charge in [-0.2, -0.15) is 5.10 Å². The fourth-order valence-electron chi connectivity index (χ4n) is 1.85. The number of rotatable bonds is 3. The molecule has 0 fully saturated rings. The summed E-state index contributed by atoms with van der Waals surface area (Å²) in [6.45, 7) is 5.10. The molecule has 1 aromatic carbocycles. The molecule has 7 heteroatoms. The Bertz CT molecular complexity index is 789. The van der Waals surface area contributed by atoms with Crippen LogP contribution in [-0.4, -0.2) is 15.7 Å². The summed E-state index contributed by atoms with van der Waals surface area (Å²) in [6.07, 6.45) is 0. The van der Waals surface area contributed by atoms with Crippen molar-refractivity contribution in [2.24, 2.45) is 0 Å². The maximum absolute atomic E-state index is 13.1. The van der Waals surface area contributed by atoms with Crippen LogP contribution in [-0.2, 0) is 4.79 Å². The van der Waals surface area contributed by atoms with Crippen LogP contribution in [0.1, 0.15) is 24.2 Å². The molecule has 0 spiro atoms. The first-order valence-corrected chi connectivity index (χ1v) is 7.00. The first kappa shape index (κ1) is 16.2. The summed E-state index contributed by atoms with van der Waals surface area (Å²) in [5, 5.41) is 6.61. The van der Waals surface area contributed by atoms with Gasteiger partial charge < -0.3 is 5.32 Å². The molecule has 0 bridgehead atoms. The van der Waals surface area contributed by atoms with E-state index in [0.717, 1.165) is 16.3 Å². The number of halogens is 2. The molecule has 1 amide bonds. The molecule has 116 valence electrons. The largest absolute Gasteiger partial charge is 0.324 e. The van der Waals surface area contributed by atoms with Gasteiger partial charge in [-0.1, -0.05) is 11.6 Å². The smallest absolute Gasteiger partial charge is 0.267 e. The molecule has 0 saturated heterocycles. The summed E-state index contributed by atoms with van der Waals surface area (Å²) in [6, 6.07) is 4.47. The maximum Gasteiger partial charge on any atom is 0.267 e. The van der Waals surface area contributed by atoms with Gasteiger partial charge in [-0.25, -0.2) is 9.07 Å². The number of carbonyl (C=O) groups excluding carboxylic acids is 1. The molecule has 0 unspecified atom stereocenters. The summed E-state index contributed by atoms with van der Waals surface area (Å²) in [5.41, 5.74) is 1.42. The van der Waals surface area contributed by atoms with E-state index in [2.05, 4.69) is 10.4 Å². The monoisotopic (exact) mass is 323 g/mol. The minimum absolute atomic E-state index is 0.0908. The van der Waals surface area contributed by atoms with Crippen LogP contribution >= 0.6 is 11.6 Å². The lowest BCUT2D eigenvalue weighted by molar-refractivity contribution is -0.119. The number of aromatic nitrogens is 2. The maximum atomic E-state index is 13.1. The highest BCUT2D eigenvalue weighted by Crippen LogP contribution is 2.20. The number of nitrogens with zero attached hydrogens (tertiary/aromatic N) is 2. The highest BCUT2D eigenvalue weighted by molar-refractivity contribution is 6.31. The van der Waals surface area contributed by atoms with Crippen molar-refractivity contribution in [3.8, 4) is 0 Å². The Morgan fingerprint density at radius 2 is 2.05 bits per heavy atom. The lowest BCUT2D eigenvalue weighted by atomic mass is 10.2. The van der Waals surface area contributed by atoms with E-state index < -0.39 is 17.8 Å². The van der Waals surface area contributed by atoms with Crippen molar-refractivity contribution < 1.29 is 9.18 Å². The quantitative estimate of drug-likeness (QED) is 0.944. The average molecular weight is 324 g/mol. The molecule has 0 aliphatic heterocycles. The molecule has 22 heavy (non-hydrogen) atoms. The Labute approximate surface area is 131 Å². The van der Waals surface area contributed by atoms with Gasteiger partial charge in [0.05, 0.1) is 10.7 Å². The number of hydrogen-bond donors (Lipinski definition) is 1. The van der Waals surface area contributed by atoms with Crippen molar-refractivity contribution in [3.05, 3.63) is 56.7 Å². The van der Waals surface area contributed by atoms with Crippen molar-refractivity contribution >= 4 is 23.2 Å². The summed E-state index contributed by atoms with van der Waals surface area (Å²) in [7, 11) is 0. The third-order valence-electron chi connectivity index (χ3n) is 3.33. The number of anilines is 1. The van der Waals surface area contributed by atoms with Crippen LogP contribution in [0.15, 0.2) is 29.1 Å². The van der Waals surface area contributed by atoms with E-state index in [0.29, 0.717) is 11.4 Å². The molecule has 0 aliphatic rings. The van der Waals surface area contributed by atoms with Gasteiger partial charge in [0.15, 0.2) is 0 Å². The lowest BCUT2D eigenvalue weighted by Gasteiger charge is -2.15. The van der Waals surface area contributed by atoms with Crippen LogP contribution < -0.4 is 10.9 Å². The number of nitrogens with one attached hydrogen (secondary N) is 1. The molecule has 1 aromatic heterocycles. The van der Waals surface area contributed by atoms with E-state index >= 15 is 0 Å². The molecule has 0 saturated carbocycles. The van der Waals surface area contributed by atoms with Gasteiger partial charge in [-0.3, -0.25) is 9.59 Å². The van der Waals surface area contributed by atoms with E-state index in [9.17, 15) is 14.0 Å². The van der Waals surface area contributed by atoms with E-state index in [-0.39, 0.29) is 10.6 Å². The van der Waals surface area contributed by atoms with E-state index in [1.54, 1.807) is 20.8 Å². The van der Waals surface area contributed by atoms with Crippen molar-refractivity contribution in [2.45, 2.75) is 26.8 Å². The van der Waals surface area contributed by atoms with E-state index in [1.807, 2.05) is 0 Å². The third kappa shape index (κ3) is 3.33. The molecule has 5 nitrogen and oxygen atoms in total. The van der Waals surface area contributed by atoms with Crippen LogP contribution in [0.5, 0.6) is 0 Å². The first-order chi connectivity index (χ1) is 10.3. The predicted molar refractivity (Wildman–Crippen MR) is 82.7 cm³/mol. The molecule has 1 atom stereocenters. The summed E-state index contributed by atoms with van der Waals surface area (Å²) in [4.78, 5) is 24.1. The second kappa shape index (κ2) is 6.27. The SMILES string of the molecule is Cc1cc(=O)n([C@H](C)C(=O)Nc2ccc(F)c(Cl)c2)nc1C. The Kier molecular flexibility index (Phi) is 4.61. The Hall–Kier alpha value is -2.21. The third-order valence-corrected chi connectivity index (χ3v) is 3.62. The number of carbonyl (C=O) groups is 1. The van der Waals surface area contributed by atoms with Gasteiger partial charge in [0, 0.05) is 11.8 Å². The Morgan fingerprint density at radius 3 is 2.68 bits per heavy atom. The number of aryl methyl sites for hydroxylation is 2. The fraction of sp³-hybridized carbons (Fsp3) is 0.267. The van der Waals surface area contributed by atoms with E-state index in [1.165, 1.54) is 18.2 Å². The van der Waals surface area contributed by atoms with Gasteiger partial charge in [-0.05, 0) is 44.5 Å². The molecule has 1 N–H and O–H groups in total. The number of hydrogen-bond acceptors (Lipinski definition) is 3. The summed E-state index contributed by atoms with van der Waals surface area (Å²) >= 11 is 5.66. The van der Waals surface area contributed by atoms with Crippen molar-refractivity contribution in [2.75, 3.05) is 5.32 Å². The molecular weight excluding hydrogens is 309 g/mol. The normalized spacial score (nSPS) is 12.0. The molecule has 2 aromatic rings. The van der Waals surface area contributed by atoms with Gasteiger partial charge in [-0.15, -0.1) is 0 Å². The topological polar surface area (TPSA) is 64.0 Å². The van der Waals surface area contributed by atoms with Gasteiger partial charge in [0.1, 0.15) is 11.9 Å². The molecule has 1 heterocycles.